The molecule has 0 radical (unpaired) electrons. The summed E-state index contributed by atoms with van der Waals surface area (Å²) in [6.45, 7) is 2.37. The first-order chi connectivity index (χ1) is 11.0. The number of carbonyl (C=O) groups is 2. The Bertz CT molecular complexity index is 800. The molecule has 2 aliphatic rings. The second-order valence-corrected chi connectivity index (χ2v) is 6.93. The molecule has 120 valence electrons. The summed E-state index contributed by atoms with van der Waals surface area (Å²) < 4.78 is 5.79. The zero-order valence-electron chi connectivity index (χ0n) is 13.0. The van der Waals surface area contributed by atoms with E-state index in [9.17, 15) is 9.59 Å². The number of aryl methyl sites for hydroxylation is 1. The predicted octanol–water partition coefficient (Wildman–Crippen LogP) is 2.86. The Morgan fingerprint density at radius 1 is 1.30 bits per heavy atom. The van der Waals surface area contributed by atoms with E-state index in [1.807, 2.05) is 31.2 Å². The lowest BCUT2D eigenvalue weighted by Crippen LogP contribution is -2.40. The average molecular weight is 313 g/mol. The highest BCUT2D eigenvalue weighted by atomic mass is 16.4. The van der Waals surface area contributed by atoms with Crippen molar-refractivity contribution in [1.29, 1.82) is 0 Å². The first-order valence-corrected chi connectivity index (χ1v) is 7.98. The number of benzene rings is 1. The van der Waals surface area contributed by atoms with E-state index in [1.165, 1.54) is 0 Å². The van der Waals surface area contributed by atoms with Crippen LogP contribution in [0.5, 0.6) is 0 Å². The van der Waals surface area contributed by atoms with Gasteiger partial charge in [0, 0.05) is 16.9 Å². The van der Waals surface area contributed by atoms with E-state index >= 15 is 0 Å². The van der Waals surface area contributed by atoms with E-state index in [4.69, 9.17) is 9.52 Å². The van der Waals surface area contributed by atoms with Crippen molar-refractivity contribution in [3.8, 4) is 0 Å². The second-order valence-electron chi connectivity index (χ2n) is 6.93. The van der Waals surface area contributed by atoms with Crippen molar-refractivity contribution in [2.75, 3.05) is 0 Å². The molecule has 1 heterocycles. The maximum Gasteiger partial charge on any atom is 0.307 e. The van der Waals surface area contributed by atoms with E-state index in [0.29, 0.717) is 19.4 Å². The first-order valence-electron chi connectivity index (χ1n) is 7.98. The molecule has 2 N–H and O–H groups in total. The van der Waals surface area contributed by atoms with Crippen molar-refractivity contribution in [3.05, 3.63) is 35.6 Å². The number of rotatable bonds is 4. The van der Waals surface area contributed by atoms with Gasteiger partial charge in [-0.25, -0.2) is 0 Å². The maximum atomic E-state index is 12.2. The van der Waals surface area contributed by atoms with Gasteiger partial charge in [-0.15, -0.1) is 0 Å². The molecular weight excluding hydrogens is 294 g/mol. The molecule has 1 atom stereocenters. The van der Waals surface area contributed by atoms with Crippen LogP contribution in [0.3, 0.4) is 0 Å². The van der Waals surface area contributed by atoms with Crippen LogP contribution in [-0.2, 0) is 16.1 Å². The van der Waals surface area contributed by atoms with Crippen molar-refractivity contribution in [3.63, 3.8) is 0 Å². The predicted molar refractivity (Wildman–Crippen MR) is 83.7 cm³/mol. The summed E-state index contributed by atoms with van der Waals surface area (Å²) in [5.74, 6) is -0.218. The molecule has 1 aromatic carbocycles. The number of para-hydroxylation sites is 1. The minimum Gasteiger partial charge on any atom is -0.481 e. The normalized spacial score (nSPS) is 28.6. The van der Waals surface area contributed by atoms with Crippen LogP contribution in [0.1, 0.15) is 30.6 Å². The van der Waals surface area contributed by atoms with Gasteiger partial charge in [0.05, 0.1) is 12.5 Å². The van der Waals surface area contributed by atoms with Gasteiger partial charge in [0.15, 0.2) is 0 Å². The topological polar surface area (TPSA) is 79.5 Å². The third-order valence-corrected chi connectivity index (χ3v) is 5.53. The van der Waals surface area contributed by atoms with Crippen LogP contribution in [0.15, 0.2) is 28.7 Å². The summed E-state index contributed by atoms with van der Waals surface area (Å²) in [4.78, 5) is 23.2. The van der Waals surface area contributed by atoms with Crippen LogP contribution in [0.4, 0.5) is 0 Å². The summed E-state index contributed by atoms with van der Waals surface area (Å²) in [6.07, 6.45) is 2.14. The number of carboxylic acid groups (broad SMARTS) is 1. The van der Waals surface area contributed by atoms with Crippen molar-refractivity contribution < 1.29 is 19.1 Å². The Kier molecular flexibility index (Phi) is 3.01. The molecule has 0 bridgehead atoms. The van der Waals surface area contributed by atoms with E-state index in [2.05, 4.69) is 5.32 Å². The Labute approximate surface area is 133 Å². The summed E-state index contributed by atoms with van der Waals surface area (Å²) in [7, 11) is 0. The highest BCUT2D eigenvalue weighted by molar-refractivity contribution is 5.84. The number of hydrogen-bond acceptors (Lipinski definition) is 3. The van der Waals surface area contributed by atoms with Gasteiger partial charge in [0.25, 0.3) is 0 Å². The zero-order chi connectivity index (χ0) is 16.2. The fraction of sp³-hybridized carbons (Fsp3) is 0.444. The molecule has 4 rings (SSSR count). The maximum absolute atomic E-state index is 12.2. The fourth-order valence-electron chi connectivity index (χ4n) is 3.96. The number of furan rings is 1. The molecule has 5 nitrogen and oxygen atoms in total. The van der Waals surface area contributed by atoms with Gasteiger partial charge in [-0.3, -0.25) is 9.59 Å². The number of aliphatic carboxylic acids is 1. The smallest absolute Gasteiger partial charge is 0.307 e. The molecule has 0 aliphatic heterocycles. The lowest BCUT2D eigenvalue weighted by Gasteiger charge is -2.35. The van der Waals surface area contributed by atoms with Crippen LogP contribution in [-0.4, -0.2) is 17.0 Å². The van der Waals surface area contributed by atoms with Gasteiger partial charge >= 0.3 is 5.97 Å². The minimum atomic E-state index is -0.721. The van der Waals surface area contributed by atoms with Gasteiger partial charge < -0.3 is 14.8 Å². The van der Waals surface area contributed by atoms with Crippen molar-refractivity contribution in [1.82, 2.24) is 5.32 Å². The molecule has 2 fully saturated rings. The molecule has 1 unspecified atom stereocenters. The third-order valence-electron chi connectivity index (χ3n) is 5.53. The second kappa shape index (κ2) is 4.85. The number of amides is 1. The summed E-state index contributed by atoms with van der Waals surface area (Å²) >= 11 is 0. The van der Waals surface area contributed by atoms with E-state index in [-0.39, 0.29) is 23.2 Å². The summed E-state index contributed by atoms with van der Waals surface area (Å²) in [5.41, 5.74) is 1.81. The average Bonchev–Trinajstić information content (AvgIpc) is 3.18. The highest BCUT2D eigenvalue weighted by Gasteiger charge is 2.65. The Morgan fingerprint density at radius 2 is 2.04 bits per heavy atom. The molecule has 2 aliphatic carbocycles. The van der Waals surface area contributed by atoms with Crippen molar-refractivity contribution in [2.24, 2.45) is 17.3 Å². The molecule has 0 saturated heterocycles. The molecule has 1 spiro atoms. The molecular formula is C18H19NO4. The van der Waals surface area contributed by atoms with Crippen LogP contribution >= 0.6 is 0 Å². The van der Waals surface area contributed by atoms with Crippen LogP contribution in [0.2, 0.25) is 0 Å². The van der Waals surface area contributed by atoms with Crippen molar-refractivity contribution >= 4 is 22.8 Å². The molecule has 2 aromatic rings. The van der Waals surface area contributed by atoms with Crippen LogP contribution in [0, 0.1) is 24.2 Å². The quantitative estimate of drug-likeness (QED) is 0.909. The molecule has 5 heteroatoms. The van der Waals surface area contributed by atoms with E-state index in [1.54, 1.807) is 0 Å². The molecule has 2 saturated carbocycles. The van der Waals surface area contributed by atoms with Gasteiger partial charge in [0.2, 0.25) is 5.91 Å². The largest absolute Gasteiger partial charge is 0.481 e. The summed E-state index contributed by atoms with van der Waals surface area (Å²) in [6, 6.07) is 7.82. The number of nitrogens with one attached hydrogen (secondary N) is 1. The number of carboxylic acids is 1. The minimum absolute atomic E-state index is 0.00604. The lowest BCUT2D eigenvalue weighted by atomic mass is 9.70. The van der Waals surface area contributed by atoms with Gasteiger partial charge in [-0.2, -0.15) is 0 Å². The monoisotopic (exact) mass is 313 g/mol. The number of carbonyl (C=O) groups excluding carboxylic acids is 1. The number of hydrogen-bond donors (Lipinski definition) is 2. The zero-order valence-corrected chi connectivity index (χ0v) is 13.0. The van der Waals surface area contributed by atoms with Crippen LogP contribution in [0.25, 0.3) is 11.0 Å². The van der Waals surface area contributed by atoms with Crippen LogP contribution < -0.4 is 5.32 Å². The summed E-state index contributed by atoms with van der Waals surface area (Å²) in [5, 5.41) is 13.0. The van der Waals surface area contributed by atoms with Gasteiger partial charge in [0.1, 0.15) is 11.3 Å². The fourth-order valence-corrected chi connectivity index (χ4v) is 3.96. The Hall–Kier alpha value is -2.30. The Balaban J connectivity index is 1.35. The van der Waals surface area contributed by atoms with Crippen molar-refractivity contribution in [2.45, 2.75) is 32.7 Å². The van der Waals surface area contributed by atoms with E-state index < -0.39 is 5.97 Å². The van der Waals surface area contributed by atoms with E-state index in [0.717, 1.165) is 28.7 Å². The standard InChI is InChI=1S/C18H19NO4/c1-10-12-4-2-3-5-14(12)23-15(10)9-19-16(20)11-6-18(7-11)8-13(18)17(21)22/h2-5,11,13H,6-9H2,1H3,(H,19,20)(H,21,22). The SMILES string of the molecule is Cc1c(CNC(=O)C2CC3(C2)CC3C(=O)O)oc2ccccc12. The Morgan fingerprint density at radius 3 is 2.70 bits per heavy atom. The third kappa shape index (κ3) is 2.22. The molecule has 1 amide bonds. The van der Waals surface area contributed by atoms with Gasteiger partial charge in [-0.1, -0.05) is 18.2 Å². The number of fused-ring (bicyclic) bond motifs is 1. The molecule has 1 aromatic heterocycles. The molecule has 23 heavy (non-hydrogen) atoms. The first kappa shape index (κ1) is 14.3. The van der Waals surface area contributed by atoms with Gasteiger partial charge in [-0.05, 0) is 37.7 Å². The lowest BCUT2D eigenvalue weighted by molar-refractivity contribution is -0.142. The highest BCUT2D eigenvalue weighted by Crippen LogP contribution is 2.67.